The summed E-state index contributed by atoms with van der Waals surface area (Å²) in [7, 11) is 0. The van der Waals surface area contributed by atoms with Gasteiger partial charge in [0.25, 0.3) is 5.91 Å². The lowest BCUT2D eigenvalue weighted by Gasteiger charge is -2.12. The first-order chi connectivity index (χ1) is 12.2. The molecule has 0 unspecified atom stereocenters. The molecular weight excluding hydrogens is 314 g/mol. The fourth-order valence-electron chi connectivity index (χ4n) is 3.00. The third kappa shape index (κ3) is 5.08. The predicted molar refractivity (Wildman–Crippen MR) is 98.5 cm³/mol. The first kappa shape index (κ1) is 17.0. The molecule has 0 saturated heterocycles. The zero-order valence-electron chi connectivity index (χ0n) is 14.1. The van der Waals surface area contributed by atoms with E-state index >= 15 is 0 Å². The summed E-state index contributed by atoms with van der Waals surface area (Å²) in [6, 6.07) is 16.7. The van der Waals surface area contributed by atoms with Gasteiger partial charge in [0.2, 0.25) is 0 Å². The van der Waals surface area contributed by atoms with E-state index in [1.165, 1.54) is 12.8 Å². The van der Waals surface area contributed by atoms with Crippen molar-refractivity contribution in [2.24, 2.45) is 0 Å². The van der Waals surface area contributed by atoms with Crippen molar-refractivity contribution in [3.63, 3.8) is 0 Å². The maximum atomic E-state index is 12.2. The van der Waals surface area contributed by atoms with E-state index in [4.69, 9.17) is 0 Å². The number of benzene rings is 2. The molecule has 25 heavy (non-hydrogen) atoms. The van der Waals surface area contributed by atoms with Crippen molar-refractivity contribution in [2.45, 2.75) is 38.3 Å². The third-order valence-corrected chi connectivity index (χ3v) is 4.39. The molecule has 3 N–H and O–H groups in total. The topological polar surface area (TPSA) is 70.2 Å². The minimum Gasteiger partial charge on any atom is -0.349 e. The van der Waals surface area contributed by atoms with Crippen molar-refractivity contribution in [3.8, 4) is 0 Å². The van der Waals surface area contributed by atoms with E-state index in [2.05, 4.69) is 16.0 Å². The number of carbonyl (C=O) groups excluding carboxylic acids is 2. The lowest BCUT2D eigenvalue weighted by atomic mass is 10.1. The first-order valence-corrected chi connectivity index (χ1v) is 8.70. The van der Waals surface area contributed by atoms with E-state index in [9.17, 15) is 9.59 Å². The molecule has 5 heteroatoms. The van der Waals surface area contributed by atoms with E-state index in [0.29, 0.717) is 23.8 Å². The quantitative estimate of drug-likeness (QED) is 0.779. The number of carbonyl (C=O) groups is 2. The lowest BCUT2D eigenvalue weighted by Crippen LogP contribution is -2.32. The molecule has 3 rings (SSSR count). The highest BCUT2D eigenvalue weighted by Gasteiger charge is 2.17. The first-order valence-electron chi connectivity index (χ1n) is 8.70. The van der Waals surface area contributed by atoms with Crippen LogP contribution in [0.3, 0.4) is 0 Å². The second-order valence-corrected chi connectivity index (χ2v) is 6.33. The number of amides is 3. The summed E-state index contributed by atoms with van der Waals surface area (Å²) in [5.41, 5.74) is 2.31. The van der Waals surface area contributed by atoms with Crippen LogP contribution in [0.15, 0.2) is 54.6 Å². The number of urea groups is 1. The van der Waals surface area contributed by atoms with Crippen molar-refractivity contribution in [2.75, 3.05) is 5.32 Å². The van der Waals surface area contributed by atoms with Crippen LogP contribution in [0.25, 0.3) is 0 Å². The number of nitrogens with one attached hydrogen (secondary N) is 3. The van der Waals surface area contributed by atoms with Crippen LogP contribution in [0.1, 0.15) is 41.6 Å². The van der Waals surface area contributed by atoms with Gasteiger partial charge in [0.05, 0.1) is 0 Å². The van der Waals surface area contributed by atoms with Gasteiger partial charge in [0.1, 0.15) is 0 Å². The van der Waals surface area contributed by atoms with Gasteiger partial charge in [-0.3, -0.25) is 4.79 Å². The fraction of sp³-hybridized carbons (Fsp3) is 0.300. The zero-order valence-corrected chi connectivity index (χ0v) is 14.1. The summed E-state index contributed by atoms with van der Waals surface area (Å²) in [6.45, 7) is 0.467. The summed E-state index contributed by atoms with van der Waals surface area (Å²) in [5.74, 6) is -0.0491. The van der Waals surface area contributed by atoms with Gasteiger partial charge in [-0.1, -0.05) is 43.2 Å². The van der Waals surface area contributed by atoms with Crippen molar-refractivity contribution < 1.29 is 9.59 Å². The molecule has 0 spiro atoms. The van der Waals surface area contributed by atoms with Crippen molar-refractivity contribution in [1.82, 2.24) is 10.6 Å². The predicted octanol–water partition coefficient (Wildman–Crippen LogP) is 3.68. The Morgan fingerprint density at radius 3 is 2.28 bits per heavy atom. The average Bonchev–Trinajstić information content (AvgIpc) is 3.14. The van der Waals surface area contributed by atoms with Crippen molar-refractivity contribution >= 4 is 17.6 Å². The van der Waals surface area contributed by atoms with Crippen LogP contribution in [-0.2, 0) is 6.54 Å². The lowest BCUT2D eigenvalue weighted by molar-refractivity contribution is 0.0938. The standard InChI is InChI=1S/C20H23N3O2/c24-19(22-17-8-4-5-9-17)16-10-12-18(13-11-16)23-20(25)21-14-15-6-2-1-3-7-15/h1-3,6-7,10-13,17H,4-5,8-9,14H2,(H,22,24)(H2,21,23,25). The van der Waals surface area contributed by atoms with Gasteiger partial charge in [-0.25, -0.2) is 4.79 Å². The van der Waals surface area contributed by atoms with Crippen LogP contribution in [0, 0.1) is 0 Å². The van der Waals surface area contributed by atoms with Crippen LogP contribution < -0.4 is 16.0 Å². The Labute approximate surface area is 147 Å². The van der Waals surface area contributed by atoms with E-state index in [1.54, 1.807) is 24.3 Å². The Balaban J connectivity index is 1.48. The number of hydrogen-bond donors (Lipinski definition) is 3. The average molecular weight is 337 g/mol. The Hall–Kier alpha value is -2.82. The molecule has 5 nitrogen and oxygen atoms in total. The number of rotatable bonds is 5. The van der Waals surface area contributed by atoms with Gasteiger partial charge in [-0.05, 0) is 42.7 Å². The SMILES string of the molecule is O=C(NCc1ccccc1)Nc1ccc(C(=O)NC2CCCC2)cc1. The molecule has 0 bridgehead atoms. The van der Waals surface area contributed by atoms with Crippen LogP contribution >= 0.6 is 0 Å². The highest BCUT2D eigenvalue weighted by Crippen LogP contribution is 2.18. The highest BCUT2D eigenvalue weighted by atomic mass is 16.2. The van der Waals surface area contributed by atoms with Crippen LogP contribution in [0.2, 0.25) is 0 Å². The molecular formula is C20H23N3O2. The molecule has 1 aliphatic carbocycles. The molecule has 0 aromatic heterocycles. The Kier molecular flexibility index (Phi) is 5.67. The van der Waals surface area contributed by atoms with Gasteiger partial charge in [-0.15, -0.1) is 0 Å². The smallest absolute Gasteiger partial charge is 0.319 e. The van der Waals surface area contributed by atoms with Crippen molar-refractivity contribution in [3.05, 3.63) is 65.7 Å². The highest BCUT2D eigenvalue weighted by molar-refractivity contribution is 5.95. The summed E-state index contributed by atoms with van der Waals surface area (Å²) in [6.07, 6.45) is 4.50. The molecule has 0 atom stereocenters. The van der Waals surface area contributed by atoms with Gasteiger partial charge < -0.3 is 16.0 Å². The molecule has 1 saturated carbocycles. The van der Waals surface area contributed by atoms with E-state index in [-0.39, 0.29) is 11.9 Å². The van der Waals surface area contributed by atoms with Gasteiger partial charge in [0.15, 0.2) is 0 Å². The summed E-state index contributed by atoms with van der Waals surface area (Å²) < 4.78 is 0. The van der Waals surface area contributed by atoms with Gasteiger partial charge >= 0.3 is 6.03 Å². The maximum absolute atomic E-state index is 12.2. The second-order valence-electron chi connectivity index (χ2n) is 6.33. The fourth-order valence-corrected chi connectivity index (χ4v) is 3.00. The van der Waals surface area contributed by atoms with E-state index in [0.717, 1.165) is 18.4 Å². The van der Waals surface area contributed by atoms with Gasteiger partial charge in [-0.2, -0.15) is 0 Å². The molecule has 3 amide bonds. The molecule has 2 aromatic carbocycles. The number of anilines is 1. The van der Waals surface area contributed by atoms with E-state index < -0.39 is 0 Å². The summed E-state index contributed by atoms with van der Waals surface area (Å²) in [5, 5.41) is 8.63. The normalized spacial score (nSPS) is 14.1. The minimum absolute atomic E-state index is 0.0491. The van der Waals surface area contributed by atoms with E-state index in [1.807, 2.05) is 30.3 Å². The Bertz CT molecular complexity index is 707. The van der Waals surface area contributed by atoms with Gasteiger partial charge in [0, 0.05) is 23.8 Å². The molecule has 1 fully saturated rings. The third-order valence-electron chi connectivity index (χ3n) is 4.39. The number of hydrogen-bond acceptors (Lipinski definition) is 2. The van der Waals surface area contributed by atoms with Crippen LogP contribution in [0.4, 0.5) is 10.5 Å². The summed E-state index contributed by atoms with van der Waals surface area (Å²) in [4.78, 5) is 24.1. The molecule has 0 radical (unpaired) electrons. The largest absolute Gasteiger partial charge is 0.349 e. The zero-order chi connectivity index (χ0) is 17.5. The van der Waals surface area contributed by atoms with Crippen molar-refractivity contribution in [1.29, 1.82) is 0 Å². The molecule has 0 aliphatic heterocycles. The maximum Gasteiger partial charge on any atom is 0.319 e. The monoisotopic (exact) mass is 337 g/mol. The molecule has 0 heterocycles. The molecule has 130 valence electrons. The summed E-state index contributed by atoms with van der Waals surface area (Å²) >= 11 is 0. The van der Waals surface area contributed by atoms with Crippen LogP contribution in [0.5, 0.6) is 0 Å². The van der Waals surface area contributed by atoms with Crippen LogP contribution in [-0.4, -0.2) is 18.0 Å². The Morgan fingerprint density at radius 2 is 1.60 bits per heavy atom. The minimum atomic E-state index is -0.271. The Morgan fingerprint density at radius 1 is 0.920 bits per heavy atom. The second kappa shape index (κ2) is 8.33. The molecule has 1 aliphatic rings. The molecule has 2 aromatic rings.